The zero-order chi connectivity index (χ0) is 13.9. The lowest BCUT2D eigenvalue weighted by Gasteiger charge is -2.25. The predicted molar refractivity (Wildman–Crippen MR) is 78.9 cm³/mol. The maximum absolute atomic E-state index is 11.9. The smallest absolute Gasteiger partial charge is 0.338 e. The first kappa shape index (κ1) is 13.5. The van der Waals surface area contributed by atoms with Crippen molar-refractivity contribution in [2.75, 3.05) is 13.1 Å². The minimum atomic E-state index is -0.277. The number of nitrogens with zero attached hydrogens (tertiary/aromatic N) is 1. The van der Waals surface area contributed by atoms with Crippen LogP contribution in [0.25, 0.3) is 11.3 Å². The van der Waals surface area contributed by atoms with E-state index in [4.69, 9.17) is 16.1 Å². The summed E-state index contributed by atoms with van der Waals surface area (Å²) in [5.74, 6) is 0. The number of halogens is 1. The van der Waals surface area contributed by atoms with Crippen LogP contribution in [-0.4, -0.2) is 23.1 Å². The van der Waals surface area contributed by atoms with Crippen LogP contribution in [0.1, 0.15) is 24.8 Å². The second-order valence-electron chi connectivity index (χ2n) is 5.19. The molecule has 4 nitrogen and oxygen atoms in total. The summed E-state index contributed by atoms with van der Waals surface area (Å²) in [6.45, 7) is 2.74. The van der Waals surface area contributed by atoms with Crippen molar-refractivity contribution in [1.29, 1.82) is 0 Å². The average Bonchev–Trinajstić information content (AvgIpc) is 2.83. The van der Waals surface area contributed by atoms with Gasteiger partial charge in [-0.25, -0.2) is 9.95 Å². The zero-order valence-corrected chi connectivity index (χ0v) is 11.9. The minimum Gasteiger partial charge on any atom is -0.338 e. The first-order valence-electron chi connectivity index (χ1n) is 6.92. The van der Waals surface area contributed by atoms with E-state index in [1.54, 1.807) is 0 Å². The molecule has 1 aliphatic heterocycles. The highest BCUT2D eigenvalue weighted by molar-refractivity contribution is 6.30. The summed E-state index contributed by atoms with van der Waals surface area (Å²) in [5, 5.41) is 3.42. The van der Waals surface area contributed by atoms with Crippen molar-refractivity contribution in [1.82, 2.24) is 10.1 Å². The number of aromatic amines is 1. The van der Waals surface area contributed by atoms with Crippen molar-refractivity contribution in [3.05, 3.63) is 45.3 Å². The van der Waals surface area contributed by atoms with Gasteiger partial charge >= 0.3 is 5.63 Å². The molecule has 1 aromatic carbocycles. The van der Waals surface area contributed by atoms with Gasteiger partial charge in [0.1, 0.15) is 0 Å². The van der Waals surface area contributed by atoms with E-state index in [1.807, 2.05) is 24.3 Å². The molecule has 0 saturated carbocycles. The highest BCUT2D eigenvalue weighted by Crippen LogP contribution is 2.23. The molecule has 2 heterocycles. The monoisotopic (exact) mass is 292 g/mol. The van der Waals surface area contributed by atoms with Gasteiger partial charge in [0, 0.05) is 17.1 Å². The number of likely N-dealkylation sites (tertiary alicyclic amines) is 1. The first-order chi connectivity index (χ1) is 9.74. The standard InChI is InChI=1S/C15H17ClN2O2/c16-12-6-4-11(5-7-12)14-13(15(19)20-17-14)10-18-8-2-1-3-9-18/h4-7,17H,1-3,8-10H2. The average molecular weight is 293 g/mol. The fraction of sp³-hybridized carbons (Fsp3) is 0.400. The van der Waals surface area contributed by atoms with Crippen molar-refractivity contribution in [3.63, 3.8) is 0 Å². The fourth-order valence-electron chi connectivity index (χ4n) is 2.66. The zero-order valence-electron chi connectivity index (χ0n) is 11.2. The van der Waals surface area contributed by atoms with Crippen LogP contribution in [-0.2, 0) is 6.54 Å². The van der Waals surface area contributed by atoms with Gasteiger partial charge in [-0.3, -0.25) is 4.90 Å². The Hall–Kier alpha value is -1.52. The van der Waals surface area contributed by atoms with Gasteiger partial charge in [0.15, 0.2) is 0 Å². The minimum absolute atomic E-state index is 0.277. The summed E-state index contributed by atoms with van der Waals surface area (Å²) < 4.78 is 4.98. The molecule has 106 valence electrons. The Balaban J connectivity index is 1.88. The molecule has 0 bridgehead atoms. The molecule has 1 aliphatic rings. The number of rotatable bonds is 3. The maximum atomic E-state index is 11.9. The van der Waals surface area contributed by atoms with Gasteiger partial charge in [-0.1, -0.05) is 30.2 Å². The molecule has 0 spiro atoms. The SMILES string of the molecule is O=c1o[nH]c(-c2ccc(Cl)cc2)c1CN1CCCCC1. The Kier molecular flexibility index (Phi) is 3.94. The van der Waals surface area contributed by atoms with Crippen LogP contribution in [0.15, 0.2) is 33.6 Å². The van der Waals surface area contributed by atoms with Crippen LogP contribution in [0, 0.1) is 0 Å². The third kappa shape index (κ3) is 2.81. The van der Waals surface area contributed by atoms with E-state index in [0.717, 1.165) is 24.3 Å². The molecule has 0 atom stereocenters. The van der Waals surface area contributed by atoms with E-state index in [9.17, 15) is 4.79 Å². The lowest BCUT2D eigenvalue weighted by Crippen LogP contribution is -2.30. The predicted octanol–water partition coefficient (Wildman–Crippen LogP) is 3.27. The number of aromatic nitrogens is 1. The van der Waals surface area contributed by atoms with Crippen molar-refractivity contribution in [2.45, 2.75) is 25.8 Å². The molecule has 1 fully saturated rings. The lowest BCUT2D eigenvalue weighted by molar-refractivity contribution is 0.219. The summed E-state index contributed by atoms with van der Waals surface area (Å²) in [4.78, 5) is 14.2. The number of hydrogen-bond donors (Lipinski definition) is 1. The Bertz CT molecular complexity index is 624. The van der Waals surface area contributed by atoms with Crippen LogP contribution < -0.4 is 5.63 Å². The molecule has 1 N–H and O–H groups in total. The normalized spacial score (nSPS) is 16.4. The molecular formula is C15H17ClN2O2. The third-order valence-electron chi connectivity index (χ3n) is 3.76. The van der Waals surface area contributed by atoms with E-state index in [0.29, 0.717) is 17.1 Å². The largest absolute Gasteiger partial charge is 0.362 e. The number of H-pyrrole nitrogens is 1. The van der Waals surface area contributed by atoms with E-state index in [2.05, 4.69) is 10.1 Å². The van der Waals surface area contributed by atoms with Gasteiger partial charge in [-0.05, 0) is 38.1 Å². The molecule has 3 rings (SSSR count). The first-order valence-corrected chi connectivity index (χ1v) is 7.30. The molecule has 0 amide bonds. The van der Waals surface area contributed by atoms with E-state index in [1.165, 1.54) is 19.3 Å². The maximum Gasteiger partial charge on any atom is 0.362 e. The van der Waals surface area contributed by atoms with Gasteiger partial charge in [0.05, 0.1) is 11.3 Å². The third-order valence-corrected chi connectivity index (χ3v) is 4.01. The van der Waals surface area contributed by atoms with Crippen LogP contribution in [0.3, 0.4) is 0 Å². The van der Waals surface area contributed by atoms with E-state index in [-0.39, 0.29) is 5.63 Å². The van der Waals surface area contributed by atoms with Crippen molar-refractivity contribution < 1.29 is 4.52 Å². The Labute approximate surface area is 122 Å². The van der Waals surface area contributed by atoms with E-state index >= 15 is 0 Å². The second kappa shape index (κ2) is 5.85. The van der Waals surface area contributed by atoms with Crippen LogP contribution in [0.4, 0.5) is 0 Å². The molecule has 0 aliphatic carbocycles. The molecule has 20 heavy (non-hydrogen) atoms. The fourth-order valence-corrected chi connectivity index (χ4v) is 2.78. The number of piperidine rings is 1. The molecule has 1 aromatic heterocycles. The van der Waals surface area contributed by atoms with Gasteiger partial charge in [0.2, 0.25) is 0 Å². The van der Waals surface area contributed by atoms with Crippen molar-refractivity contribution in [2.24, 2.45) is 0 Å². The van der Waals surface area contributed by atoms with Crippen molar-refractivity contribution >= 4 is 11.6 Å². The molecule has 0 unspecified atom stereocenters. The van der Waals surface area contributed by atoms with Gasteiger partial charge < -0.3 is 4.52 Å². The number of nitrogens with one attached hydrogen (secondary N) is 1. The number of benzene rings is 1. The molecular weight excluding hydrogens is 276 g/mol. The molecule has 0 radical (unpaired) electrons. The Morgan fingerprint density at radius 2 is 1.85 bits per heavy atom. The molecule has 5 heteroatoms. The van der Waals surface area contributed by atoms with Crippen LogP contribution >= 0.6 is 11.6 Å². The summed E-state index contributed by atoms with van der Waals surface area (Å²) in [6, 6.07) is 7.41. The van der Waals surface area contributed by atoms with Crippen LogP contribution in [0.5, 0.6) is 0 Å². The topological polar surface area (TPSA) is 49.2 Å². The summed E-state index contributed by atoms with van der Waals surface area (Å²) >= 11 is 5.90. The second-order valence-corrected chi connectivity index (χ2v) is 5.63. The van der Waals surface area contributed by atoms with Crippen LogP contribution in [0.2, 0.25) is 5.02 Å². The quantitative estimate of drug-likeness (QED) is 0.944. The molecule has 1 saturated heterocycles. The Morgan fingerprint density at radius 1 is 1.15 bits per heavy atom. The summed E-state index contributed by atoms with van der Waals surface area (Å²) in [7, 11) is 0. The number of hydrogen-bond acceptors (Lipinski definition) is 3. The van der Waals surface area contributed by atoms with Gasteiger partial charge in [0.25, 0.3) is 0 Å². The lowest BCUT2D eigenvalue weighted by atomic mass is 10.1. The molecule has 2 aromatic rings. The highest BCUT2D eigenvalue weighted by atomic mass is 35.5. The summed E-state index contributed by atoms with van der Waals surface area (Å²) in [6.07, 6.45) is 3.68. The highest BCUT2D eigenvalue weighted by Gasteiger charge is 2.18. The van der Waals surface area contributed by atoms with Gasteiger partial charge in [-0.2, -0.15) is 0 Å². The Morgan fingerprint density at radius 3 is 2.55 bits per heavy atom. The summed E-state index contributed by atoms with van der Waals surface area (Å²) in [5.41, 5.74) is 2.11. The van der Waals surface area contributed by atoms with E-state index < -0.39 is 0 Å². The van der Waals surface area contributed by atoms with Crippen molar-refractivity contribution in [3.8, 4) is 11.3 Å². The van der Waals surface area contributed by atoms with Gasteiger partial charge in [-0.15, -0.1) is 0 Å².